The first kappa shape index (κ1) is 19.6. The Bertz CT molecular complexity index is 1240. The van der Waals surface area contributed by atoms with Crippen molar-refractivity contribution in [2.45, 2.75) is 39.5 Å². The molecule has 29 heavy (non-hydrogen) atoms. The van der Waals surface area contributed by atoms with E-state index in [1.54, 1.807) is 16.2 Å². The summed E-state index contributed by atoms with van der Waals surface area (Å²) in [6, 6.07) is 1.25. The number of carbonyl (C=O) groups excluding carboxylic acids is 1. The first-order chi connectivity index (χ1) is 13.7. The summed E-state index contributed by atoms with van der Waals surface area (Å²) in [5.41, 5.74) is 1.54. The minimum Gasteiger partial charge on any atom is -0.337 e. The Morgan fingerprint density at radius 1 is 1.10 bits per heavy atom. The number of fused-ring (bicyclic) bond motifs is 1. The number of thiazole rings is 1. The van der Waals surface area contributed by atoms with Crippen molar-refractivity contribution in [3.63, 3.8) is 0 Å². The van der Waals surface area contributed by atoms with Crippen molar-refractivity contribution in [2.24, 2.45) is 14.1 Å². The molecule has 0 spiro atoms. The fourth-order valence-corrected chi connectivity index (χ4v) is 5.33. The number of carbonyl (C=O) groups is 1. The molecule has 0 radical (unpaired) electrons. The van der Waals surface area contributed by atoms with Crippen molar-refractivity contribution >= 4 is 22.1 Å². The second-order valence-electron chi connectivity index (χ2n) is 7.76. The molecule has 1 aliphatic rings. The maximum atomic E-state index is 12.9. The molecular formula is C20H25N5O3S. The summed E-state index contributed by atoms with van der Waals surface area (Å²) < 4.78 is 4.47. The lowest BCUT2D eigenvalue weighted by Gasteiger charge is -2.31. The number of hydrogen-bond acceptors (Lipinski definition) is 5. The van der Waals surface area contributed by atoms with Crippen LogP contribution in [-0.2, 0) is 14.1 Å². The van der Waals surface area contributed by atoms with Gasteiger partial charge >= 0.3 is 5.69 Å². The van der Waals surface area contributed by atoms with E-state index < -0.39 is 11.2 Å². The van der Waals surface area contributed by atoms with Gasteiger partial charge in [0, 0.05) is 49.7 Å². The van der Waals surface area contributed by atoms with Crippen LogP contribution in [0.15, 0.2) is 15.7 Å². The van der Waals surface area contributed by atoms with Crippen LogP contribution in [0.25, 0.3) is 4.83 Å². The van der Waals surface area contributed by atoms with Crippen molar-refractivity contribution in [3.8, 4) is 0 Å². The van der Waals surface area contributed by atoms with Crippen LogP contribution >= 0.6 is 11.3 Å². The molecule has 1 saturated heterocycles. The van der Waals surface area contributed by atoms with Gasteiger partial charge in [0.1, 0.15) is 16.3 Å². The van der Waals surface area contributed by atoms with Gasteiger partial charge in [0.2, 0.25) is 0 Å². The molecule has 0 N–H and O–H groups in total. The third-order valence-electron chi connectivity index (χ3n) is 6.04. The predicted molar refractivity (Wildman–Crippen MR) is 112 cm³/mol. The number of rotatable bonds is 2. The van der Waals surface area contributed by atoms with Crippen LogP contribution < -0.4 is 11.2 Å². The zero-order valence-electron chi connectivity index (χ0n) is 17.4. The third kappa shape index (κ3) is 3.04. The van der Waals surface area contributed by atoms with Crippen molar-refractivity contribution in [2.75, 3.05) is 13.1 Å². The maximum Gasteiger partial charge on any atom is 0.331 e. The Morgan fingerprint density at radius 2 is 1.76 bits per heavy atom. The van der Waals surface area contributed by atoms with E-state index in [1.807, 2.05) is 6.92 Å². The number of imidazole rings is 1. The molecule has 154 valence electrons. The first-order valence-electron chi connectivity index (χ1n) is 9.72. The number of likely N-dealkylation sites (tertiary alicyclic amines) is 1. The summed E-state index contributed by atoms with van der Waals surface area (Å²) in [5, 5.41) is 0. The molecule has 1 amide bonds. The van der Waals surface area contributed by atoms with Gasteiger partial charge in [-0.25, -0.2) is 9.78 Å². The van der Waals surface area contributed by atoms with Gasteiger partial charge in [0.25, 0.3) is 11.5 Å². The van der Waals surface area contributed by atoms with E-state index in [4.69, 9.17) is 4.98 Å². The van der Waals surface area contributed by atoms with Gasteiger partial charge in [-0.05, 0) is 33.6 Å². The van der Waals surface area contributed by atoms with E-state index in [-0.39, 0.29) is 11.6 Å². The van der Waals surface area contributed by atoms with Crippen LogP contribution in [0.5, 0.6) is 0 Å². The van der Waals surface area contributed by atoms with Crippen molar-refractivity contribution in [1.82, 2.24) is 23.4 Å². The lowest BCUT2D eigenvalue weighted by molar-refractivity contribution is 0.0700. The Labute approximate surface area is 172 Å². The number of amides is 1. The predicted octanol–water partition coefficient (Wildman–Crippen LogP) is 1.74. The van der Waals surface area contributed by atoms with Gasteiger partial charge < -0.3 is 4.90 Å². The van der Waals surface area contributed by atoms with E-state index >= 15 is 0 Å². The quantitative estimate of drug-likeness (QED) is 0.638. The number of piperidine rings is 1. The molecule has 0 aromatic carbocycles. The summed E-state index contributed by atoms with van der Waals surface area (Å²) in [4.78, 5) is 46.1. The molecule has 1 fully saturated rings. The minimum absolute atomic E-state index is 0.140. The molecule has 0 unspecified atom stereocenters. The number of aromatic nitrogens is 4. The smallest absolute Gasteiger partial charge is 0.331 e. The van der Waals surface area contributed by atoms with Crippen molar-refractivity contribution < 1.29 is 4.79 Å². The molecular weight excluding hydrogens is 390 g/mol. The Kier molecular flexibility index (Phi) is 4.72. The molecule has 0 saturated carbocycles. The molecule has 0 aliphatic carbocycles. The Hall–Kier alpha value is -2.68. The molecule has 9 heteroatoms. The summed E-state index contributed by atoms with van der Waals surface area (Å²) in [6.45, 7) is 7.44. The summed E-state index contributed by atoms with van der Waals surface area (Å²) in [5.74, 6) is 1.04. The van der Waals surface area contributed by atoms with Crippen LogP contribution in [0.1, 0.15) is 51.3 Å². The Morgan fingerprint density at radius 3 is 2.41 bits per heavy atom. The molecule has 0 bridgehead atoms. The average molecular weight is 416 g/mol. The molecule has 8 nitrogen and oxygen atoms in total. The van der Waals surface area contributed by atoms with Crippen LogP contribution in [0, 0.1) is 20.8 Å². The topological polar surface area (TPSA) is 81.6 Å². The van der Waals surface area contributed by atoms with E-state index in [0.717, 1.165) is 28.9 Å². The van der Waals surface area contributed by atoms with Gasteiger partial charge in [0.05, 0.1) is 5.69 Å². The lowest BCUT2D eigenvalue weighted by atomic mass is 9.94. The van der Waals surface area contributed by atoms with E-state index in [9.17, 15) is 14.4 Å². The molecule has 4 rings (SSSR count). The van der Waals surface area contributed by atoms with Crippen LogP contribution in [0.2, 0.25) is 0 Å². The minimum atomic E-state index is -0.491. The maximum absolute atomic E-state index is 12.9. The number of nitrogens with zero attached hydrogens (tertiary/aromatic N) is 5. The number of hydrogen-bond donors (Lipinski definition) is 0. The summed E-state index contributed by atoms with van der Waals surface area (Å²) in [7, 11) is 2.93. The zero-order chi connectivity index (χ0) is 21.0. The lowest BCUT2D eigenvalue weighted by Crippen LogP contribution is -2.44. The van der Waals surface area contributed by atoms with Crippen molar-refractivity contribution in [3.05, 3.63) is 54.7 Å². The van der Waals surface area contributed by atoms with Gasteiger partial charge in [0.15, 0.2) is 0 Å². The zero-order valence-corrected chi connectivity index (χ0v) is 18.2. The van der Waals surface area contributed by atoms with E-state index in [0.29, 0.717) is 19.0 Å². The van der Waals surface area contributed by atoms with E-state index in [2.05, 4.69) is 18.2 Å². The molecule has 3 aromatic rings. The highest BCUT2D eigenvalue weighted by Gasteiger charge is 2.29. The van der Waals surface area contributed by atoms with Gasteiger partial charge in [-0.2, -0.15) is 0 Å². The SMILES string of the molecule is Cc1sc2c(C3CCN(C(=O)c4cc(=O)n(C)c(=O)n4C)CC3)nc(C)n2c1C. The van der Waals surface area contributed by atoms with Crippen LogP contribution in [0.3, 0.4) is 0 Å². The first-order valence-corrected chi connectivity index (χ1v) is 10.5. The Balaban J connectivity index is 1.56. The normalized spacial score (nSPS) is 15.4. The summed E-state index contributed by atoms with van der Waals surface area (Å²) in [6.07, 6.45) is 1.62. The number of aryl methyl sites for hydroxylation is 3. The highest BCUT2D eigenvalue weighted by molar-refractivity contribution is 7.17. The molecule has 0 atom stereocenters. The second-order valence-corrected chi connectivity index (χ2v) is 8.97. The largest absolute Gasteiger partial charge is 0.337 e. The third-order valence-corrected chi connectivity index (χ3v) is 7.22. The highest BCUT2D eigenvalue weighted by Crippen LogP contribution is 2.35. The standard InChI is InChI=1S/C20H25N5O3S/c1-11-12(2)29-19-17(21-13(3)25(11)19)14-6-8-24(9-7-14)18(27)15-10-16(26)23(5)20(28)22(15)4/h10,14H,6-9H2,1-5H3. The van der Waals surface area contributed by atoms with Gasteiger partial charge in [-0.3, -0.25) is 23.1 Å². The van der Waals surface area contributed by atoms with Crippen LogP contribution in [-0.4, -0.2) is 42.4 Å². The second kappa shape index (κ2) is 6.98. The molecule has 3 aromatic heterocycles. The van der Waals surface area contributed by atoms with E-state index in [1.165, 1.54) is 40.1 Å². The molecule has 4 heterocycles. The average Bonchev–Trinajstić information content (AvgIpc) is 3.19. The summed E-state index contributed by atoms with van der Waals surface area (Å²) >= 11 is 1.78. The monoisotopic (exact) mass is 415 g/mol. The highest BCUT2D eigenvalue weighted by atomic mass is 32.1. The van der Waals surface area contributed by atoms with Gasteiger partial charge in [-0.15, -0.1) is 11.3 Å². The fraction of sp³-hybridized carbons (Fsp3) is 0.500. The van der Waals surface area contributed by atoms with Crippen LogP contribution in [0.4, 0.5) is 0 Å². The van der Waals surface area contributed by atoms with Gasteiger partial charge in [-0.1, -0.05) is 0 Å². The van der Waals surface area contributed by atoms with Crippen molar-refractivity contribution in [1.29, 1.82) is 0 Å². The molecule has 1 aliphatic heterocycles. The fourth-order valence-electron chi connectivity index (χ4n) is 4.12.